The third kappa shape index (κ3) is 2.82. The van der Waals surface area contributed by atoms with Crippen LogP contribution in [0.2, 0.25) is 0 Å². The number of allylic oxidation sites excluding steroid dienone is 4. The van der Waals surface area contributed by atoms with Crippen LogP contribution in [-0.4, -0.2) is 11.2 Å². The van der Waals surface area contributed by atoms with Gasteiger partial charge in [0, 0.05) is 0 Å². The smallest absolute Gasteiger partial charge is 0.0753 e. The topological polar surface area (TPSA) is 20.2 Å². The zero-order valence-electron chi connectivity index (χ0n) is 10.3. The molecular formula is C14H22O. The molecule has 0 amide bonds. The average molecular weight is 206 g/mol. The highest BCUT2D eigenvalue weighted by Crippen LogP contribution is 2.40. The first kappa shape index (κ1) is 12.3. The Bertz CT molecular complexity index is 318. The fraction of sp³-hybridized carbons (Fsp3) is 0.571. The predicted molar refractivity (Wildman–Crippen MR) is 65.7 cm³/mol. The van der Waals surface area contributed by atoms with E-state index in [-0.39, 0.29) is 11.5 Å². The van der Waals surface area contributed by atoms with Gasteiger partial charge in [-0.25, -0.2) is 0 Å². The van der Waals surface area contributed by atoms with Crippen molar-refractivity contribution in [3.05, 3.63) is 35.5 Å². The Hall–Kier alpha value is -0.820. The molecule has 0 aliphatic heterocycles. The van der Waals surface area contributed by atoms with Crippen LogP contribution in [0.5, 0.6) is 0 Å². The van der Waals surface area contributed by atoms with Crippen molar-refractivity contribution in [2.75, 3.05) is 0 Å². The van der Waals surface area contributed by atoms with E-state index in [1.165, 1.54) is 5.57 Å². The first-order valence-electron chi connectivity index (χ1n) is 5.57. The van der Waals surface area contributed by atoms with E-state index < -0.39 is 0 Å². The molecule has 1 atom stereocenters. The molecule has 1 unspecified atom stereocenters. The van der Waals surface area contributed by atoms with Gasteiger partial charge in [0.15, 0.2) is 0 Å². The van der Waals surface area contributed by atoms with Gasteiger partial charge in [0.2, 0.25) is 0 Å². The number of rotatable bonds is 2. The van der Waals surface area contributed by atoms with Crippen LogP contribution in [-0.2, 0) is 0 Å². The zero-order chi connectivity index (χ0) is 11.6. The van der Waals surface area contributed by atoms with Crippen molar-refractivity contribution >= 4 is 0 Å². The third-order valence-electron chi connectivity index (χ3n) is 3.23. The first-order chi connectivity index (χ1) is 6.84. The minimum Gasteiger partial charge on any atom is -0.389 e. The summed E-state index contributed by atoms with van der Waals surface area (Å²) in [4.78, 5) is 0. The molecule has 1 rings (SSSR count). The lowest BCUT2D eigenvalue weighted by Gasteiger charge is -2.35. The van der Waals surface area contributed by atoms with Crippen LogP contribution < -0.4 is 0 Å². The Balaban J connectivity index is 3.07. The van der Waals surface area contributed by atoms with Crippen molar-refractivity contribution in [1.29, 1.82) is 0 Å². The average Bonchev–Trinajstić information content (AvgIpc) is 2.11. The van der Waals surface area contributed by atoms with Crippen LogP contribution in [0.1, 0.15) is 40.5 Å². The molecule has 0 bridgehead atoms. The largest absolute Gasteiger partial charge is 0.389 e. The molecule has 15 heavy (non-hydrogen) atoms. The van der Waals surface area contributed by atoms with E-state index in [9.17, 15) is 5.11 Å². The maximum absolute atomic E-state index is 9.83. The van der Waals surface area contributed by atoms with Crippen molar-refractivity contribution in [1.82, 2.24) is 0 Å². The SMILES string of the molecule is C=C(C)/C=C/C1=C(C)C(O)CCC1(C)C. The number of aliphatic hydroxyl groups excluding tert-OH is 1. The zero-order valence-corrected chi connectivity index (χ0v) is 10.3. The van der Waals surface area contributed by atoms with Gasteiger partial charge in [-0.1, -0.05) is 38.2 Å². The minimum atomic E-state index is -0.261. The standard InChI is InChI=1S/C14H22O/c1-10(2)6-7-12-11(3)13(15)8-9-14(12,4)5/h6-7,13,15H,1,8-9H2,2-5H3/b7-6+. The summed E-state index contributed by atoms with van der Waals surface area (Å²) in [7, 11) is 0. The van der Waals surface area contributed by atoms with Crippen molar-refractivity contribution in [2.24, 2.45) is 5.41 Å². The Morgan fingerprint density at radius 3 is 2.67 bits per heavy atom. The molecule has 1 nitrogen and oxygen atoms in total. The van der Waals surface area contributed by atoms with Crippen molar-refractivity contribution < 1.29 is 5.11 Å². The van der Waals surface area contributed by atoms with Crippen molar-refractivity contribution in [2.45, 2.75) is 46.6 Å². The fourth-order valence-electron chi connectivity index (χ4n) is 2.14. The molecule has 1 aliphatic rings. The van der Waals surface area contributed by atoms with E-state index in [2.05, 4.69) is 26.5 Å². The van der Waals surface area contributed by atoms with Gasteiger partial charge in [-0.05, 0) is 43.3 Å². The number of hydrogen-bond donors (Lipinski definition) is 1. The molecule has 0 saturated carbocycles. The van der Waals surface area contributed by atoms with Gasteiger partial charge in [-0.2, -0.15) is 0 Å². The fourth-order valence-corrected chi connectivity index (χ4v) is 2.14. The maximum Gasteiger partial charge on any atom is 0.0753 e. The Kier molecular flexibility index (Phi) is 3.56. The molecule has 0 radical (unpaired) electrons. The monoisotopic (exact) mass is 206 g/mol. The number of hydrogen-bond acceptors (Lipinski definition) is 1. The van der Waals surface area contributed by atoms with Gasteiger partial charge in [0.05, 0.1) is 6.10 Å². The summed E-state index contributed by atoms with van der Waals surface area (Å²) in [5.74, 6) is 0. The van der Waals surface area contributed by atoms with E-state index >= 15 is 0 Å². The molecule has 0 aromatic carbocycles. The highest BCUT2D eigenvalue weighted by Gasteiger charge is 2.30. The molecule has 0 fully saturated rings. The summed E-state index contributed by atoms with van der Waals surface area (Å²) < 4.78 is 0. The first-order valence-corrected chi connectivity index (χ1v) is 5.57. The second-order valence-electron chi connectivity index (χ2n) is 5.21. The van der Waals surface area contributed by atoms with Crippen LogP contribution in [0.25, 0.3) is 0 Å². The molecule has 0 saturated heterocycles. The predicted octanol–water partition coefficient (Wildman–Crippen LogP) is 3.62. The van der Waals surface area contributed by atoms with E-state index in [0.717, 1.165) is 24.0 Å². The van der Waals surface area contributed by atoms with Crippen molar-refractivity contribution in [3.8, 4) is 0 Å². The van der Waals surface area contributed by atoms with Gasteiger partial charge in [0.1, 0.15) is 0 Å². The van der Waals surface area contributed by atoms with E-state index in [0.29, 0.717) is 0 Å². The molecule has 1 N–H and O–H groups in total. The Labute approximate surface area is 93.2 Å². The maximum atomic E-state index is 9.83. The molecule has 0 aromatic rings. The summed E-state index contributed by atoms with van der Waals surface area (Å²) in [6.45, 7) is 12.3. The van der Waals surface area contributed by atoms with Crippen LogP contribution in [0.3, 0.4) is 0 Å². The normalized spacial score (nSPS) is 26.1. The molecule has 1 heteroatoms. The van der Waals surface area contributed by atoms with E-state index in [4.69, 9.17) is 0 Å². The molecule has 0 spiro atoms. The third-order valence-corrected chi connectivity index (χ3v) is 3.23. The second-order valence-corrected chi connectivity index (χ2v) is 5.21. The molecular weight excluding hydrogens is 184 g/mol. The molecule has 0 aromatic heterocycles. The van der Waals surface area contributed by atoms with E-state index in [1.54, 1.807) is 0 Å². The summed E-state index contributed by atoms with van der Waals surface area (Å²) in [5, 5.41) is 9.83. The summed E-state index contributed by atoms with van der Waals surface area (Å²) in [5.41, 5.74) is 3.61. The Morgan fingerprint density at radius 2 is 2.13 bits per heavy atom. The molecule has 84 valence electrons. The van der Waals surface area contributed by atoms with Crippen molar-refractivity contribution in [3.63, 3.8) is 0 Å². The van der Waals surface area contributed by atoms with Crippen LogP contribution >= 0.6 is 0 Å². The summed E-state index contributed by atoms with van der Waals surface area (Å²) in [6, 6.07) is 0. The van der Waals surface area contributed by atoms with Crippen LogP contribution in [0.4, 0.5) is 0 Å². The minimum absolute atomic E-state index is 0.176. The van der Waals surface area contributed by atoms with Crippen LogP contribution in [0.15, 0.2) is 35.5 Å². The molecule has 0 heterocycles. The highest BCUT2D eigenvalue weighted by molar-refractivity contribution is 5.37. The Morgan fingerprint density at radius 1 is 1.53 bits per heavy atom. The van der Waals surface area contributed by atoms with Gasteiger partial charge in [-0.15, -0.1) is 0 Å². The highest BCUT2D eigenvalue weighted by atomic mass is 16.3. The molecule has 1 aliphatic carbocycles. The lowest BCUT2D eigenvalue weighted by atomic mass is 9.71. The van der Waals surface area contributed by atoms with Gasteiger partial charge < -0.3 is 5.11 Å². The second kappa shape index (κ2) is 4.36. The number of aliphatic hydroxyl groups is 1. The van der Waals surface area contributed by atoms with E-state index in [1.807, 2.05) is 19.9 Å². The summed E-state index contributed by atoms with van der Waals surface area (Å²) in [6.07, 6.45) is 5.80. The van der Waals surface area contributed by atoms with Gasteiger partial charge in [-0.3, -0.25) is 0 Å². The van der Waals surface area contributed by atoms with Gasteiger partial charge >= 0.3 is 0 Å². The lowest BCUT2D eigenvalue weighted by molar-refractivity contribution is 0.163. The quantitative estimate of drug-likeness (QED) is 0.684. The van der Waals surface area contributed by atoms with Gasteiger partial charge in [0.25, 0.3) is 0 Å². The van der Waals surface area contributed by atoms with Crippen LogP contribution in [0, 0.1) is 5.41 Å². The lowest BCUT2D eigenvalue weighted by Crippen LogP contribution is -2.27. The summed E-state index contributed by atoms with van der Waals surface area (Å²) >= 11 is 0.